The molecule has 3 heteroatoms. The van der Waals surface area contributed by atoms with Crippen LogP contribution in [0.4, 0.5) is 0 Å². The number of rotatable bonds is 9. The monoisotopic (exact) mass is 317 g/mol. The van der Waals surface area contributed by atoms with Crippen molar-refractivity contribution in [3.63, 3.8) is 0 Å². The van der Waals surface area contributed by atoms with Crippen molar-refractivity contribution in [2.75, 3.05) is 6.61 Å². The number of hydrogen-bond acceptors (Lipinski definition) is 2. The van der Waals surface area contributed by atoms with E-state index in [0.717, 1.165) is 12.1 Å². The van der Waals surface area contributed by atoms with E-state index in [0.29, 0.717) is 23.9 Å². The molecule has 1 radical (unpaired) electrons. The van der Waals surface area contributed by atoms with Crippen LogP contribution >= 0.6 is 0 Å². The molecule has 0 fully saturated rings. The van der Waals surface area contributed by atoms with Crippen LogP contribution in [-0.4, -0.2) is 20.2 Å². The third kappa shape index (κ3) is 7.92. The smallest absolute Gasteiger partial charge is 0.196 e. The molecular weight excluding hydrogens is 283 g/mol. The minimum absolute atomic E-state index is 0.212. The van der Waals surface area contributed by atoms with Crippen LogP contribution in [0.15, 0.2) is 24.3 Å². The topological polar surface area (TPSA) is 18.5 Å². The molecule has 0 saturated carbocycles. The largest absolute Gasteiger partial charge is 0.465 e. The Labute approximate surface area is 144 Å². The molecular formula is C20H34BO2. The quantitative estimate of drug-likeness (QED) is 0.327. The Morgan fingerprint density at radius 3 is 2.13 bits per heavy atom. The van der Waals surface area contributed by atoms with Crippen LogP contribution < -0.4 is 4.74 Å². The average molecular weight is 317 g/mol. The Morgan fingerprint density at radius 2 is 1.65 bits per heavy atom. The summed E-state index contributed by atoms with van der Waals surface area (Å²) >= 11 is 0. The Hall–Kier alpha value is -0.955. The Bertz CT molecular complexity index is 434. The van der Waals surface area contributed by atoms with Crippen LogP contribution in [0.3, 0.4) is 0 Å². The Balaban J connectivity index is 2.66. The maximum atomic E-state index is 5.82. The van der Waals surface area contributed by atoms with Crippen molar-refractivity contribution in [1.82, 2.24) is 0 Å². The molecule has 0 aliphatic carbocycles. The minimum Gasteiger partial charge on any atom is -0.465 e. The summed E-state index contributed by atoms with van der Waals surface area (Å²) in [7, 11) is 2.10. The van der Waals surface area contributed by atoms with E-state index in [4.69, 9.17) is 9.47 Å². The lowest BCUT2D eigenvalue weighted by Crippen LogP contribution is -2.18. The summed E-state index contributed by atoms with van der Waals surface area (Å²) in [6, 6.07) is 8.55. The molecule has 129 valence electrons. The van der Waals surface area contributed by atoms with E-state index in [1.54, 1.807) is 0 Å². The van der Waals surface area contributed by atoms with Crippen LogP contribution in [0.2, 0.25) is 13.1 Å². The van der Waals surface area contributed by atoms with E-state index in [-0.39, 0.29) is 6.29 Å². The van der Waals surface area contributed by atoms with E-state index in [1.807, 2.05) is 13.7 Å². The normalized spacial score (nSPS) is 14.6. The first-order valence-corrected chi connectivity index (χ1v) is 8.89. The van der Waals surface area contributed by atoms with E-state index in [9.17, 15) is 0 Å². The van der Waals surface area contributed by atoms with Gasteiger partial charge in [0.25, 0.3) is 0 Å². The van der Waals surface area contributed by atoms with Crippen LogP contribution in [0.25, 0.3) is 0 Å². The van der Waals surface area contributed by atoms with Gasteiger partial charge in [-0.1, -0.05) is 59.9 Å². The first-order valence-electron chi connectivity index (χ1n) is 8.89. The van der Waals surface area contributed by atoms with E-state index >= 15 is 0 Å². The Morgan fingerprint density at radius 1 is 1.04 bits per heavy atom. The van der Waals surface area contributed by atoms with Crippen molar-refractivity contribution in [1.29, 1.82) is 0 Å². The van der Waals surface area contributed by atoms with Crippen LogP contribution in [0, 0.1) is 11.3 Å². The first kappa shape index (κ1) is 20.1. The highest BCUT2D eigenvalue weighted by molar-refractivity contribution is 6.33. The van der Waals surface area contributed by atoms with Gasteiger partial charge < -0.3 is 9.47 Å². The fourth-order valence-electron chi connectivity index (χ4n) is 2.77. The van der Waals surface area contributed by atoms with Gasteiger partial charge in [0.15, 0.2) is 6.29 Å². The van der Waals surface area contributed by atoms with Gasteiger partial charge in [0, 0.05) is 6.61 Å². The molecule has 0 saturated heterocycles. The van der Waals surface area contributed by atoms with Gasteiger partial charge in [-0.05, 0) is 48.3 Å². The molecule has 23 heavy (non-hydrogen) atoms. The molecule has 2 nitrogen and oxygen atoms in total. The van der Waals surface area contributed by atoms with Crippen LogP contribution in [-0.2, 0) is 4.74 Å². The first-order chi connectivity index (χ1) is 10.7. The van der Waals surface area contributed by atoms with Gasteiger partial charge in [0.1, 0.15) is 13.0 Å². The van der Waals surface area contributed by atoms with Gasteiger partial charge in [0.05, 0.1) is 0 Å². The fraction of sp³-hybridized carbons (Fsp3) is 0.700. The zero-order valence-corrected chi connectivity index (χ0v) is 16.1. The number of hydrogen-bond donors (Lipinski definition) is 0. The average Bonchev–Trinajstić information content (AvgIpc) is 2.45. The van der Waals surface area contributed by atoms with E-state index in [2.05, 4.69) is 66.2 Å². The predicted octanol–water partition coefficient (Wildman–Crippen LogP) is 5.77. The van der Waals surface area contributed by atoms with Crippen LogP contribution in [0.1, 0.15) is 59.4 Å². The third-order valence-corrected chi connectivity index (χ3v) is 4.01. The summed E-state index contributed by atoms with van der Waals surface area (Å²) in [4.78, 5) is 0. The number of ether oxygens (including phenoxy) is 2. The van der Waals surface area contributed by atoms with Crippen molar-refractivity contribution in [3.8, 4) is 5.75 Å². The lowest BCUT2D eigenvalue weighted by atomic mass is 9.76. The lowest BCUT2D eigenvalue weighted by molar-refractivity contribution is -0.0612. The molecule has 0 amide bonds. The van der Waals surface area contributed by atoms with Crippen molar-refractivity contribution in [2.45, 2.75) is 73.3 Å². The van der Waals surface area contributed by atoms with Crippen LogP contribution in [0.5, 0.6) is 5.75 Å². The van der Waals surface area contributed by atoms with E-state index in [1.165, 1.54) is 12.0 Å². The van der Waals surface area contributed by atoms with Gasteiger partial charge in [-0.15, -0.1) is 0 Å². The molecule has 1 rings (SSSR count). The zero-order valence-electron chi connectivity index (χ0n) is 16.1. The minimum atomic E-state index is -0.212. The highest BCUT2D eigenvalue weighted by atomic mass is 16.7. The zero-order chi connectivity index (χ0) is 17.5. The summed E-state index contributed by atoms with van der Waals surface area (Å²) in [6.45, 7) is 16.2. The molecule has 0 spiro atoms. The summed E-state index contributed by atoms with van der Waals surface area (Å²) in [6.07, 6.45) is 1.93. The Kier molecular flexibility index (Phi) is 8.18. The molecule has 2 atom stereocenters. The summed E-state index contributed by atoms with van der Waals surface area (Å²) < 4.78 is 11.4. The molecule has 1 aromatic carbocycles. The van der Waals surface area contributed by atoms with Gasteiger partial charge >= 0.3 is 0 Å². The second-order valence-corrected chi connectivity index (χ2v) is 7.94. The molecule has 0 aromatic heterocycles. The van der Waals surface area contributed by atoms with Gasteiger partial charge in [-0.25, -0.2) is 0 Å². The summed E-state index contributed by atoms with van der Waals surface area (Å²) in [5.74, 6) is 2.09. The molecule has 0 aliphatic heterocycles. The number of benzene rings is 1. The second-order valence-electron chi connectivity index (χ2n) is 7.94. The molecule has 1 aromatic rings. The SMILES string of the molecule is C[B]CCOC(C)Oc1ccc(C(CC(C)(C)C)C(C)C)cc1. The highest BCUT2D eigenvalue weighted by Crippen LogP contribution is 2.36. The van der Waals surface area contributed by atoms with Crippen molar-refractivity contribution in [2.24, 2.45) is 11.3 Å². The maximum Gasteiger partial charge on any atom is 0.196 e. The molecule has 0 aliphatic rings. The molecule has 2 unspecified atom stereocenters. The lowest BCUT2D eigenvalue weighted by Gasteiger charge is -2.29. The molecule has 0 heterocycles. The van der Waals surface area contributed by atoms with Gasteiger partial charge in [-0.3, -0.25) is 0 Å². The van der Waals surface area contributed by atoms with Gasteiger partial charge in [0.2, 0.25) is 0 Å². The van der Waals surface area contributed by atoms with Crippen molar-refractivity contribution in [3.05, 3.63) is 29.8 Å². The van der Waals surface area contributed by atoms with Crippen molar-refractivity contribution >= 4 is 7.28 Å². The van der Waals surface area contributed by atoms with Crippen molar-refractivity contribution < 1.29 is 9.47 Å². The van der Waals surface area contributed by atoms with E-state index < -0.39 is 0 Å². The highest BCUT2D eigenvalue weighted by Gasteiger charge is 2.23. The maximum absolute atomic E-state index is 5.82. The molecule has 0 bridgehead atoms. The van der Waals surface area contributed by atoms with Gasteiger partial charge in [-0.2, -0.15) is 0 Å². The third-order valence-electron chi connectivity index (χ3n) is 4.01. The summed E-state index contributed by atoms with van der Waals surface area (Å²) in [5, 5.41) is 0. The second kappa shape index (κ2) is 9.37. The summed E-state index contributed by atoms with van der Waals surface area (Å²) in [5.41, 5.74) is 1.74. The fourth-order valence-corrected chi connectivity index (χ4v) is 2.77. The predicted molar refractivity (Wildman–Crippen MR) is 101 cm³/mol. The standard InChI is InChI=1S/C20H34BO2/c1-15(2)19(14-20(4,5)6)17-8-10-18(11-9-17)23-16(3)22-13-12-21-7/h8-11,15-16,19H,12-14H2,1-7H3. The molecule has 0 N–H and O–H groups in total.